The van der Waals surface area contributed by atoms with Gasteiger partial charge in [-0.3, -0.25) is 14.4 Å². The van der Waals surface area contributed by atoms with E-state index < -0.39 is 29.5 Å². The highest BCUT2D eigenvalue weighted by atomic mass is 19.1. The summed E-state index contributed by atoms with van der Waals surface area (Å²) >= 11 is 0. The van der Waals surface area contributed by atoms with Crippen LogP contribution < -0.4 is 5.32 Å². The highest BCUT2D eigenvalue weighted by molar-refractivity contribution is 6.20. The van der Waals surface area contributed by atoms with Gasteiger partial charge in [-0.05, 0) is 31.5 Å². The monoisotopic (exact) mass is 493 g/mol. The van der Waals surface area contributed by atoms with Crippen molar-refractivity contribution >= 4 is 23.4 Å². The molecule has 0 amide bonds. The van der Waals surface area contributed by atoms with Crippen molar-refractivity contribution in [3.63, 3.8) is 0 Å². The van der Waals surface area contributed by atoms with Gasteiger partial charge >= 0.3 is 11.9 Å². The van der Waals surface area contributed by atoms with E-state index in [-0.39, 0.29) is 17.9 Å². The second-order valence-corrected chi connectivity index (χ2v) is 9.11. The van der Waals surface area contributed by atoms with Gasteiger partial charge < -0.3 is 15.2 Å². The average Bonchev–Trinajstić information content (AvgIpc) is 2.82. The number of hydrogen-bond acceptors (Lipinski definition) is 5. The number of hydrogen-bond donors (Lipinski definition) is 2. The first-order chi connectivity index (χ1) is 16.9. The molecular formula is C28H44FNO5. The average molecular weight is 494 g/mol. The van der Waals surface area contributed by atoms with Crippen LogP contribution in [0.15, 0.2) is 18.2 Å². The van der Waals surface area contributed by atoms with Gasteiger partial charge in [-0.25, -0.2) is 4.39 Å². The first kappa shape index (κ1) is 30.6. The summed E-state index contributed by atoms with van der Waals surface area (Å²) in [7, 11) is 0. The van der Waals surface area contributed by atoms with Gasteiger partial charge in [-0.2, -0.15) is 0 Å². The van der Waals surface area contributed by atoms with Gasteiger partial charge in [0.05, 0.1) is 12.3 Å². The second kappa shape index (κ2) is 18.8. The van der Waals surface area contributed by atoms with E-state index in [4.69, 9.17) is 0 Å². The van der Waals surface area contributed by atoms with Crippen LogP contribution in [0.5, 0.6) is 0 Å². The van der Waals surface area contributed by atoms with Gasteiger partial charge in [0, 0.05) is 12.1 Å². The predicted octanol–water partition coefficient (Wildman–Crippen LogP) is 7.17. The lowest BCUT2D eigenvalue weighted by atomic mass is 9.97. The Bertz CT molecular complexity index is 768. The van der Waals surface area contributed by atoms with E-state index in [0.717, 1.165) is 18.9 Å². The third kappa shape index (κ3) is 12.7. The molecule has 0 heterocycles. The fourth-order valence-corrected chi connectivity index (χ4v) is 4.07. The predicted molar refractivity (Wildman–Crippen MR) is 137 cm³/mol. The maximum absolute atomic E-state index is 14.4. The van der Waals surface area contributed by atoms with E-state index in [1.54, 1.807) is 0 Å². The van der Waals surface area contributed by atoms with Crippen LogP contribution in [0, 0.1) is 11.7 Å². The van der Waals surface area contributed by atoms with Crippen LogP contribution in [0.4, 0.5) is 10.1 Å². The smallest absolute Gasteiger partial charge is 0.328 e. The van der Waals surface area contributed by atoms with E-state index in [1.165, 1.54) is 96.1 Å². The number of nitrogens with one attached hydrogen (secondary N) is 1. The molecule has 35 heavy (non-hydrogen) atoms. The number of benzene rings is 1. The number of rotatable bonds is 21. The van der Waals surface area contributed by atoms with Gasteiger partial charge in [-0.15, -0.1) is 0 Å². The lowest BCUT2D eigenvalue weighted by Gasteiger charge is -2.12. The summed E-state index contributed by atoms with van der Waals surface area (Å²) in [6.45, 7) is 4.33. The lowest BCUT2D eigenvalue weighted by molar-refractivity contribution is -0.155. The number of aliphatic carboxylic acids is 1. The summed E-state index contributed by atoms with van der Waals surface area (Å²) in [6, 6.07) is 3.69. The third-order valence-corrected chi connectivity index (χ3v) is 6.13. The highest BCUT2D eigenvalue weighted by Crippen LogP contribution is 2.20. The van der Waals surface area contributed by atoms with Crippen molar-refractivity contribution in [2.45, 2.75) is 104 Å². The minimum atomic E-state index is -2.00. The molecule has 0 aromatic heterocycles. The highest BCUT2D eigenvalue weighted by Gasteiger charge is 2.36. The molecule has 1 atom stereocenters. The van der Waals surface area contributed by atoms with Crippen molar-refractivity contribution in [3.8, 4) is 0 Å². The number of unbranched alkanes of at least 4 members (excludes halogenated alkanes) is 13. The van der Waals surface area contributed by atoms with Crippen molar-refractivity contribution in [2.75, 3.05) is 18.5 Å². The normalized spacial score (nSPS) is 11.7. The Hall–Kier alpha value is -2.44. The number of carboxylic acid groups (broad SMARTS) is 1. The molecule has 1 aromatic rings. The Labute approximate surface area is 210 Å². The van der Waals surface area contributed by atoms with Crippen molar-refractivity contribution in [2.24, 2.45) is 5.92 Å². The molecule has 0 aliphatic carbocycles. The Balaban J connectivity index is 2.22. The molecule has 0 bridgehead atoms. The molecule has 7 heteroatoms. The van der Waals surface area contributed by atoms with Gasteiger partial charge in [0.1, 0.15) is 5.82 Å². The first-order valence-electron chi connectivity index (χ1n) is 13.4. The Morgan fingerprint density at radius 3 is 1.83 bits per heavy atom. The molecule has 0 radical (unpaired) electrons. The molecule has 0 fully saturated rings. The van der Waals surface area contributed by atoms with E-state index in [9.17, 15) is 23.9 Å². The minimum Gasteiger partial charge on any atom is -0.480 e. The summed E-state index contributed by atoms with van der Waals surface area (Å²) in [5.74, 6) is -6.41. The Morgan fingerprint density at radius 1 is 0.857 bits per heavy atom. The van der Waals surface area contributed by atoms with E-state index >= 15 is 0 Å². The Kier molecular flexibility index (Phi) is 16.5. The molecule has 1 aromatic carbocycles. The van der Waals surface area contributed by atoms with Crippen LogP contribution in [-0.4, -0.2) is 36.0 Å². The topological polar surface area (TPSA) is 92.7 Å². The van der Waals surface area contributed by atoms with E-state index in [1.807, 2.05) is 0 Å². The second-order valence-electron chi connectivity index (χ2n) is 9.11. The zero-order valence-corrected chi connectivity index (χ0v) is 21.6. The SMILES string of the molecule is CCCCCCCCCCCCCCCCNc1ccc(C(=O)C(C(=O)O)C(=O)OCC)cc1F. The minimum absolute atomic E-state index is 0.0492. The van der Waals surface area contributed by atoms with E-state index in [2.05, 4.69) is 17.0 Å². The van der Waals surface area contributed by atoms with E-state index in [0.29, 0.717) is 6.54 Å². The van der Waals surface area contributed by atoms with Gasteiger partial charge in [0.2, 0.25) is 5.92 Å². The molecule has 2 N–H and O–H groups in total. The molecule has 0 aliphatic rings. The molecule has 0 aliphatic heterocycles. The fraction of sp³-hybridized carbons (Fsp3) is 0.679. The van der Waals surface area contributed by atoms with Crippen LogP contribution in [0.25, 0.3) is 0 Å². The number of carbonyl (C=O) groups is 3. The quantitative estimate of drug-likeness (QED) is 0.0816. The molecule has 198 valence electrons. The summed E-state index contributed by atoms with van der Waals surface area (Å²) in [5.41, 5.74) is 0.0734. The number of ether oxygens (including phenoxy) is 1. The number of carbonyl (C=O) groups excluding carboxylic acids is 2. The first-order valence-corrected chi connectivity index (χ1v) is 13.4. The summed E-state index contributed by atoms with van der Waals surface area (Å²) in [4.78, 5) is 35.5. The van der Waals surface area contributed by atoms with Gasteiger partial charge in [-0.1, -0.05) is 90.4 Å². The molecule has 6 nitrogen and oxygen atoms in total. The molecule has 0 saturated carbocycles. The number of Topliss-reactive ketones (excluding diaryl/α,β-unsaturated/α-hetero) is 1. The number of carboxylic acids is 1. The summed E-state index contributed by atoms with van der Waals surface area (Å²) < 4.78 is 19.1. The molecule has 1 rings (SSSR count). The number of anilines is 1. The number of ketones is 1. The lowest BCUT2D eigenvalue weighted by Crippen LogP contribution is -2.33. The van der Waals surface area contributed by atoms with Gasteiger partial charge in [0.15, 0.2) is 5.78 Å². The van der Waals surface area contributed by atoms with Crippen LogP contribution in [-0.2, 0) is 14.3 Å². The standard InChI is InChI=1S/C28H44FNO5/c1-3-5-6-7-8-9-10-11-12-13-14-15-16-17-20-30-24-19-18-22(21-23(24)29)26(31)25(27(32)33)28(34)35-4-2/h18-19,21,25,30H,3-17,20H2,1-2H3,(H,32,33). The van der Waals surface area contributed by atoms with Crippen molar-refractivity contribution in [1.29, 1.82) is 0 Å². The van der Waals surface area contributed by atoms with Crippen LogP contribution in [0.1, 0.15) is 114 Å². The summed E-state index contributed by atoms with van der Waals surface area (Å²) in [5, 5.41) is 12.2. The van der Waals surface area contributed by atoms with Crippen LogP contribution in [0.3, 0.4) is 0 Å². The molecule has 0 saturated heterocycles. The van der Waals surface area contributed by atoms with Crippen LogP contribution in [0.2, 0.25) is 0 Å². The molecule has 0 spiro atoms. The zero-order chi connectivity index (χ0) is 25.9. The van der Waals surface area contributed by atoms with Gasteiger partial charge in [0.25, 0.3) is 0 Å². The summed E-state index contributed by atoms with van der Waals surface area (Å²) in [6.07, 6.45) is 17.8. The van der Waals surface area contributed by atoms with Crippen molar-refractivity contribution < 1.29 is 28.6 Å². The molecule has 1 unspecified atom stereocenters. The third-order valence-electron chi connectivity index (χ3n) is 6.13. The maximum Gasteiger partial charge on any atom is 0.328 e. The van der Waals surface area contributed by atoms with Crippen molar-refractivity contribution in [3.05, 3.63) is 29.6 Å². The largest absolute Gasteiger partial charge is 0.480 e. The van der Waals surface area contributed by atoms with Crippen molar-refractivity contribution in [1.82, 2.24) is 0 Å². The fourth-order valence-electron chi connectivity index (χ4n) is 4.07. The maximum atomic E-state index is 14.4. The number of esters is 1. The molecular weight excluding hydrogens is 449 g/mol. The Morgan fingerprint density at radius 2 is 1.37 bits per heavy atom. The van der Waals surface area contributed by atoms with Crippen LogP contribution >= 0.6 is 0 Å². The zero-order valence-electron chi connectivity index (χ0n) is 21.6. The number of halogens is 1.